The van der Waals surface area contributed by atoms with E-state index in [-0.39, 0.29) is 11.5 Å². The Morgan fingerprint density at radius 3 is 2.46 bits per heavy atom. The smallest absolute Gasteiger partial charge is 0.408 e. The van der Waals surface area contributed by atoms with Crippen molar-refractivity contribution in [2.75, 3.05) is 7.11 Å². The predicted octanol–water partition coefficient (Wildman–Crippen LogP) is 3.19. The predicted molar refractivity (Wildman–Crippen MR) is 92.3 cm³/mol. The minimum Gasteiger partial charge on any atom is -0.497 e. The summed E-state index contributed by atoms with van der Waals surface area (Å²) in [5.41, 5.74) is -0.0923. The Balaban J connectivity index is 2.26. The standard InChI is InChI=1S/C18H22N2O6/c1-18(2,3)26-17(23)20-13(15-14(16(21)22)19-10-25-15)9-11-5-7-12(24-4)8-6-11/h5-8,10,13H,9H2,1-4H3,(H,20,23)(H,21,22). The molecule has 0 aliphatic heterocycles. The van der Waals surface area contributed by atoms with E-state index in [0.717, 1.165) is 12.0 Å². The molecule has 2 N–H and O–H groups in total. The van der Waals surface area contributed by atoms with Gasteiger partial charge < -0.3 is 24.3 Å². The molecule has 8 nitrogen and oxygen atoms in total. The Bertz CT molecular complexity index is 761. The lowest BCUT2D eigenvalue weighted by atomic mass is 10.0. The minimum absolute atomic E-state index is 0.0548. The van der Waals surface area contributed by atoms with Gasteiger partial charge in [-0.05, 0) is 38.5 Å². The number of ether oxygens (including phenoxy) is 2. The molecule has 2 aromatic rings. The fourth-order valence-corrected chi connectivity index (χ4v) is 2.32. The fourth-order valence-electron chi connectivity index (χ4n) is 2.32. The van der Waals surface area contributed by atoms with Crippen LogP contribution in [-0.4, -0.2) is 34.9 Å². The van der Waals surface area contributed by atoms with Crippen molar-refractivity contribution < 1.29 is 28.6 Å². The maximum atomic E-state index is 12.2. The van der Waals surface area contributed by atoms with Crippen LogP contribution in [0.4, 0.5) is 4.79 Å². The number of carbonyl (C=O) groups excluding carboxylic acids is 1. The van der Waals surface area contributed by atoms with Gasteiger partial charge in [0.15, 0.2) is 17.8 Å². The first-order valence-corrected chi connectivity index (χ1v) is 7.98. The van der Waals surface area contributed by atoms with Crippen LogP contribution in [0.3, 0.4) is 0 Å². The number of carboxylic acid groups (broad SMARTS) is 1. The van der Waals surface area contributed by atoms with Gasteiger partial charge in [0, 0.05) is 6.42 Å². The van der Waals surface area contributed by atoms with E-state index in [9.17, 15) is 14.7 Å². The summed E-state index contributed by atoms with van der Waals surface area (Å²) in [6.07, 6.45) is 0.652. The van der Waals surface area contributed by atoms with E-state index in [1.807, 2.05) is 12.1 Å². The van der Waals surface area contributed by atoms with Gasteiger partial charge in [-0.3, -0.25) is 0 Å². The van der Waals surface area contributed by atoms with Crippen LogP contribution in [0.1, 0.15) is 48.6 Å². The van der Waals surface area contributed by atoms with Gasteiger partial charge >= 0.3 is 12.1 Å². The monoisotopic (exact) mass is 362 g/mol. The lowest BCUT2D eigenvalue weighted by Gasteiger charge is -2.23. The highest BCUT2D eigenvalue weighted by molar-refractivity contribution is 5.86. The topological polar surface area (TPSA) is 111 Å². The Hall–Kier alpha value is -3.03. The van der Waals surface area contributed by atoms with Crippen LogP contribution >= 0.6 is 0 Å². The Kier molecular flexibility index (Phi) is 5.86. The summed E-state index contributed by atoms with van der Waals surface area (Å²) < 4.78 is 15.6. The number of hydrogen-bond donors (Lipinski definition) is 2. The zero-order valence-electron chi connectivity index (χ0n) is 15.1. The maximum absolute atomic E-state index is 12.2. The summed E-state index contributed by atoms with van der Waals surface area (Å²) in [4.78, 5) is 27.2. The number of carbonyl (C=O) groups is 2. The van der Waals surface area contributed by atoms with Crippen molar-refractivity contribution in [2.24, 2.45) is 0 Å². The highest BCUT2D eigenvalue weighted by Gasteiger charge is 2.28. The first kappa shape index (κ1) is 19.3. The van der Waals surface area contributed by atoms with Gasteiger partial charge in [-0.2, -0.15) is 0 Å². The summed E-state index contributed by atoms with van der Waals surface area (Å²) in [7, 11) is 1.57. The van der Waals surface area contributed by atoms with Crippen molar-refractivity contribution in [2.45, 2.75) is 38.8 Å². The molecule has 1 unspecified atom stereocenters. The van der Waals surface area contributed by atoms with Crippen LogP contribution in [0.15, 0.2) is 35.1 Å². The van der Waals surface area contributed by atoms with E-state index >= 15 is 0 Å². The van der Waals surface area contributed by atoms with Crippen LogP contribution in [0.2, 0.25) is 0 Å². The number of amides is 1. The highest BCUT2D eigenvalue weighted by atomic mass is 16.6. The van der Waals surface area contributed by atoms with Gasteiger partial charge in [0.1, 0.15) is 11.4 Å². The summed E-state index contributed by atoms with van der Waals surface area (Å²) in [6, 6.07) is 6.43. The Labute approximate surface area is 151 Å². The van der Waals surface area contributed by atoms with Crippen LogP contribution in [-0.2, 0) is 11.2 Å². The third kappa shape index (κ3) is 5.23. The van der Waals surface area contributed by atoms with Crippen LogP contribution in [0.25, 0.3) is 0 Å². The van der Waals surface area contributed by atoms with Gasteiger partial charge in [-0.25, -0.2) is 14.6 Å². The Morgan fingerprint density at radius 2 is 1.92 bits per heavy atom. The molecule has 140 valence electrons. The first-order valence-electron chi connectivity index (χ1n) is 7.98. The molecule has 8 heteroatoms. The van der Waals surface area contributed by atoms with Crippen molar-refractivity contribution in [1.29, 1.82) is 0 Å². The van der Waals surface area contributed by atoms with Crippen molar-refractivity contribution in [3.05, 3.63) is 47.7 Å². The molecule has 0 spiro atoms. The number of aromatic carboxylic acids is 1. The molecule has 0 saturated carbocycles. The van der Waals surface area contributed by atoms with Gasteiger partial charge in [-0.1, -0.05) is 12.1 Å². The zero-order chi connectivity index (χ0) is 19.3. The summed E-state index contributed by atoms with van der Waals surface area (Å²) in [5.74, 6) is -0.491. The van der Waals surface area contributed by atoms with E-state index in [0.29, 0.717) is 12.2 Å². The molecule has 1 aromatic heterocycles. The van der Waals surface area contributed by atoms with Crippen molar-refractivity contribution >= 4 is 12.1 Å². The number of carboxylic acids is 1. The molecule has 1 amide bonds. The van der Waals surface area contributed by atoms with Crippen LogP contribution < -0.4 is 10.1 Å². The minimum atomic E-state index is -1.24. The second kappa shape index (κ2) is 7.90. The van der Waals surface area contributed by atoms with Gasteiger partial charge in [0.2, 0.25) is 0 Å². The fraction of sp³-hybridized carbons (Fsp3) is 0.389. The van der Waals surface area contributed by atoms with E-state index in [1.165, 1.54) is 0 Å². The zero-order valence-corrected chi connectivity index (χ0v) is 15.1. The molecule has 0 fully saturated rings. The second-order valence-electron chi connectivity index (χ2n) is 6.62. The molecule has 0 saturated heterocycles. The Morgan fingerprint density at radius 1 is 1.27 bits per heavy atom. The SMILES string of the molecule is COc1ccc(CC(NC(=O)OC(C)(C)C)c2ocnc2C(=O)O)cc1. The molecule has 1 aromatic carbocycles. The second-order valence-corrected chi connectivity index (χ2v) is 6.62. The summed E-state index contributed by atoms with van der Waals surface area (Å²) in [6.45, 7) is 5.21. The van der Waals surface area contributed by atoms with E-state index in [4.69, 9.17) is 13.9 Å². The lowest BCUT2D eigenvalue weighted by Crippen LogP contribution is -2.36. The maximum Gasteiger partial charge on any atom is 0.408 e. The third-order valence-corrected chi connectivity index (χ3v) is 3.40. The number of nitrogens with zero attached hydrogens (tertiary/aromatic N) is 1. The van der Waals surface area contributed by atoms with Crippen molar-refractivity contribution in [1.82, 2.24) is 10.3 Å². The summed E-state index contributed by atoms with van der Waals surface area (Å²) >= 11 is 0. The number of aromatic nitrogens is 1. The highest BCUT2D eigenvalue weighted by Crippen LogP contribution is 2.24. The van der Waals surface area contributed by atoms with Crippen LogP contribution in [0, 0.1) is 0 Å². The molecule has 0 aliphatic carbocycles. The van der Waals surface area contributed by atoms with Gasteiger partial charge in [-0.15, -0.1) is 0 Å². The largest absolute Gasteiger partial charge is 0.497 e. The average molecular weight is 362 g/mol. The molecule has 0 aliphatic rings. The van der Waals surface area contributed by atoms with Gasteiger partial charge in [0.05, 0.1) is 13.2 Å². The molecule has 2 rings (SSSR count). The van der Waals surface area contributed by atoms with Crippen LogP contribution in [0.5, 0.6) is 5.75 Å². The van der Waals surface area contributed by atoms with E-state index in [2.05, 4.69) is 10.3 Å². The van der Waals surface area contributed by atoms with Crippen molar-refractivity contribution in [3.63, 3.8) is 0 Å². The quantitative estimate of drug-likeness (QED) is 0.812. The lowest BCUT2D eigenvalue weighted by molar-refractivity contribution is 0.0493. The summed E-state index contributed by atoms with van der Waals surface area (Å²) in [5, 5.41) is 11.9. The van der Waals surface area contributed by atoms with Crippen molar-refractivity contribution in [3.8, 4) is 5.75 Å². The number of oxazole rings is 1. The van der Waals surface area contributed by atoms with E-state index in [1.54, 1.807) is 40.0 Å². The number of benzene rings is 1. The van der Waals surface area contributed by atoms with E-state index < -0.39 is 23.7 Å². The third-order valence-electron chi connectivity index (χ3n) is 3.40. The average Bonchev–Trinajstić information content (AvgIpc) is 3.03. The number of hydrogen-bond acceptors (Lipinski definition) is 6. The molecular weight excluding hydrogens is 340 g/mol. The molecule has 26 heavy (non-hydrogen) atoms. The molecule has 0 bridgehead atoms. The number of alkyl carbamates (subject to hydrolysis) is 1. The number of methoxy groups -OCH3 is 1. The molecule has 0 radical (unpaired) electrons. The number of rotatable bonds is 6. The molecule has 1 atom stereocenters. The van der Waals surface area contributed by atoms with Gasteiger partial charge in [0.25, 0.3) is 0 Å². The number of nitrogens with one attached hydrogen (secondary N) is 1. The molecular formula is C18H22N2O6. The first-order chi connectivity index (χ1) is 12.2. The molecule has 1 heterocycles. The normalized spacial score (nSPS) is 12.3.